The van der Waals surface area contributed by atoms with E-state index < -0.39 is 0 Å². The second-order valence-corrected chi connectivity index (χ2v) is 5.82. The van der Waals surface area contributed by atoms with E-state index in [0.717, 1.165) is 19.4 Å². The lowest BCUT2D eigenvalue weighted by atomic mass is 10.1. The molecular weight excluding hydrogens is 230 g/mol. The van der Waals surface area contributed by atoms with E-state index in [2.05, 4.69) is 48.4 Å². The van der Waals surface area contributed by atoms with Crippen LogP contribution in [0.25, 0.3) is 0 Å². The van der Waals surface area contributed by atoms with Gasteiger partial charge in [0, 0.05) is 11.8 Å². The molecular formula is C13H25N3S. The fraction of sp³-hybridized carbons (Fsp3) is 0.846. The van der Waals surface area contributed by atoms with Crippen LogP contribution in [-0.4, -0.2) is 20.2 Å². The molecule has 0 aliphatic heterocycles. The van der Waals surface area contributed by atoms with E-state index in [9.17, 15) is 0 Å². The zero-order chi connectivity index (χ0) is 12.7. The molecule has 0 N–H and O–H groups in total. The Morgan fingerprint density at radius 2 is 2.12 bits per heavy atom. The van der Waals surface area contributed by atoms with Crippen LogP contribution in [0.3, 0.4) is 0 Å². The number of aromatic nitrogens is 3. The summed E-state index contributed by atoms with van der Waals surface area (Å²) in [5, 5.41) is 8.70. The largest absolute Gasteiger partial charge is 0.249 e. The van der Waals surface area contributed by atoms with Crippen molar-refractivity contribution >= 4 is 12.6 Å². The predicted molar refractivity (Wildman–Crippen MR) is 75.5 cm³/mol. The van der Waals surface area contributed by atoms with E-state index in [1.807, 2.05) is 6.20 Å². The van der Waals surface area contributed by atoms with Gasteiger partial charge < -0.3 is 0 Å². The summed E-state index contributed by atoms with van der Waals surface area (Å²) in [6, 6.07) is 0. The molecule has 0 spiro atoms. The number of hydrogen-bond donors (Lipinski definition) is 1. The molecule has 0 aromatic carbocycles. The molecule has 0 saturated carbocycles. The molecule has 0 saturated heterocycles. The standard InChI is InChI=1S/C13H25N3S/c1-4-13(17)7-5-6-12-10-14-15-16(12)9-8-11(2)3/h10-11,13,17H,4-9H2,1-3H3. The molecule has 3 nitrogen and oxygen atoms in total. The number of nitrogens with zero attached hydrogens (tertiary/aromatic N) is 3. The third kappa shape index (κ3) is 5.57. The number of hydrogen-bond acceptors (Lipinski definition) is 3. The first-order valence-corrected chi connectivity index (χ1v) is 7.20. The predicted octanol–water partition coefficient (Wildman–Crippen LogP) is 3.36. The summed E-state index contributed by atoms with van der Waals surface area (Å²) < 4.78 is 2.06. The van der Waals surface area contributed by atoms with Gasteiger partial charge in [0.05, 0.1) is 11.9 Å². The van der Waals surface area contributed by atoms with Gasteiger partial charge in [-0.2, -0.15) is 12.6 Å². The van der Waals surface area contributed by atoms with Crippen molar-refractivity contribution < 1.29 is 0 Å². The summed E-state index contributed by atoms with van der Waals surface area (Å²) >= 11 is 4.52. The quantitative estimate of drug-likeness (QED) is 0.722. The highest BCUT2D eigenvalue weighted by Gasteiger charge is 2.06. The number of thiol groups is 1. The Kier molecular flexibility index (Phi) is 6.63. The zero-order valence-electron chi connectivity index (χ0n) is 11.3. The van der Waals surface area contributed by atoms with Gasteiger partial charge in [-0.15, -0.1) is 5.10 Å². The molecule has 0 radical (unpaired) electrons. The van der Waals surface area contributed by atoms with E-state index >= 15 is 0 Å². The molecule has 17 heavy (non-hydrogen) atoms. The number of rotatable bonds is 8. The van der Waals surface area contributed by atoms with Crippen molar-refractivity contribution in [2.45, 2.75) is 64.7 Å². The van der Waals surface area contributed by atoms with E-state index in [0.29, 0.717) is 11.2 Å². The topological polar surface area (TPSA) is 30.7 Å². The fourth-order valence-corrected chi connectivity index (χ4v) is 1.95. The van der Waals surface area contributed by atoms with Crippen molar-refractivity contribution in [2.24, 2.45) is 5.92 Å². The summed E-state index contributed by atoms with van der Waals surface area (Å²) in [5.74, 6) is 0.717. The molecule has 1 heterocycles. The lowest BCUT2D eigenvalue weighted by Crippen LogP contribution is -2.08. The second kappa shape index (κ2) is 7.75. The molecule has 1 atom stereocenters. The highest BCUT2D eigenvalue weighted by atomic mass is 32.1. The van der Waals surface area contributed by atoms with Crippen molar-refractivity contribution in [3.63, 3.8) is 0 Å². The van der Waals surface area contributed by atoms with Crippen LogP contribution in [0.5, 0.6) is 0 Å². The highest BCUT2D eigenvalue weighted by Crippen LogP contribution is 2.12. The maximum absolute atomic E-state index is 4.52. The van der Waals surface area contributed by atoms with Crippen molar-refractivity contribution in [1.29, 1.82) is 0 Å². The van der Waals surface area contributed by atoms with Crippen molar-refractivity contribution in [3.05, 3.63) is 11.9 Å². The molecule has 4 heteroatoms. The van der Waals surface area contributed by atoms with Crippen molar-refractivity contribution in [3.8, 4) is 0 Å². The first-order valence-electron chi connectivity index (χ1n) is 6.69. The van der Waals surface area contributed by atoms with Gasteiger partial charge in [-0.1, -0.05) is 26.0 Å². The molecule has 1 rings (SSSR count). The molecule has 98 valence electrons. The van der Waals surface area contributed by atoms with Gasteiger partial charge >= 0.3 is 0 Å². The lowest BCUT2D eigenvalue weighted by molar-refractivity contribution is 0.464. The third-order valence-electron chi connectivity index (χ3n) is 3.06. The van der Waals surface area contributed by atoms with E-state index in [1.165, 1.54) is 25.0 Å². The van der Waals surface area contributed by atoms with E-state index in [-0.39, 0.29) is 0 Å². The second-order valence-electron chi connectivity index (χ2n) is 5.09. The van der Waals surface area contributed by atoms with Crippen LogP contribution in [0.15, 0.2) is 6.20 Å². The van der Waals surface area contributed by atoms with Gasteiger partial charge in [0.2, 0.25) is 0 Å². The fourth-order valence-electron chi connectivity index (χ4n) is 1.76. The maximum Gasteiger partial charge on any atom is 0.0725 e. The molecule has 0 bridgehead atoms. The zero-order valence-corrected chi connectivity index (χ0v) is 12.2. The third-order valence-corrected chi connectivity index (χ3v) is 3.68. The van der Waals surface area contributed by atoms with Gasteiger partial charge in [0.15, 0.2) is 0 Å². The van der Waals surface area contributed by atoms with Crippen molar-refractivity contribution in [1.82, 2.24) is 15.0 Å². The van der Waals surface area contributed by atoms with Gasteiger partial charge in [-0.25, -0.2) is 4.68 Å². The molecule has 1 aromatic rings. The van der Waals surface area contributed by atoms with Gasteiger partial charge in [0.25, 0.3) is 0 Å². The first-order chi connectivity index (χ1) is 8.13. The van der Waals surface area contributed by atoms with E-state index in [1.54, 1.807) is 0 Å². The van der Waals surface area contributed by atoms with Crippen LogP contribution in [0.4, 0.5) is 0 Å². The minimum atomic E-state index is 0.537. The summed E-state index contributed by atoms with van der Waals surface area (Å²) in [6.45, 7) is 7.66. The van der Waals surface area contributed by atoms with Crippen molar-refractivity contribution in [2.75, 3.05) is 0 Å². The number of aryl methyl sites for hydroxylation is 2. The minimum Gasteiger partial charge on any atom is -0.249 e. The molecule has 1 unspecified atom stereocenters. The average molecular weight is 255 g/mol. The summed E-state index contributed by atoms with van der Waals surface area (Å²) in [5.41, 5.74) is 1.27. The van der Waals surface area contributed by atoms with Gasteiger partial charge in [-0.3, -0.25) is 0 Å². The van der Waals surface area contributed by atoms with Crippen LogP contribution >= 0.6 is 12.6 Å². The Labute approximate surface area is 110 Å². The molecule has 0 aliphatic carbocycles. The van der Waals surface area contributed by atoms with Gasteiger partial charge in [0.1, 0.15) is 0 Å². The molecule has 0 fully saturated rings. The van der Waals surface area contributed by atoms with Crippen LogP contribution in [0.1, 0.15) is 52.1 Å². The maximum atomic E-state index is 4.52. The average Bonchev–Trinajstić information content (AvgIpc) is 2.73. The molecule has 0 amide bonds. The molecule has 0 aliphatic rings. The summed E-state index contributed by atoms with van der Waals surface area (Å²) in [4.78, 5) is 0. The minimum absolute atomic E-state index is 0.537. The Bertz CT molecular complexity index is 309. The van der Waals surface area contributed by atoms with Gasteiger partial charge in [-0.05, 0) is 38.0 Å². The molecule has 1 aromatic heterocycles. The Hall–Kier alpha value is -0.510. The Morgan fingerprint density at radius 1 is 1.35 bits per heavy atom. The van der Waals surface area contributed by atoms with Crippen LogP contribution < -0.4 is 0 Å². The smallest absolute Gasteiger partial charge is 0.0725 e. The van der Waals surface area contributed by atoms with Crippen LogP contribution in [0, 0.1) is 5.92 Å². The Morgan fingerprint density at radius 3 is 2.76 bits per heavy atom. The van der Waals surface area contributed by atoms with E-state index in [4.69, 9.17) is 0 Å². The first kappa shape index (κ1) is 14.6. The summed E-state index contributed by atoms with van der Waals surface area (Å²) in [7, 11) is 0. The van der Waals surface area contributed by atoms with Crippen LogP contribution in [0.2, 0.25) is 0 Å². The summed E-state index contributed by atoms with van der Waals surface area (Å²) in [6.07, 6.45) is 7.64. The highest BCUT2D eigenvalue weighted by molar-refractivity contribution is 7.80. The SMILES string of the molecule is CCC(S)CCCc1cnnn1CCC(C)C. The normalized spacial score (nSPS) is 13.2. The van der Waals surface area contributed by atoms with Crippen LogP contribution in [-0.2, 0) is 13.0 Å². The monoisotopic (exact) mass is 255 g/mol. The Balaban J connectivity index is 2.35. The lowest BCUT2D eigenvalue weighted by Gasteiger charge is -2.09.